The molecular formula is C23H25N2O3+. The molecule has 2 aromatic carbocycles. The van der Waals surface area contributed by atoms with Crippen molar-refractivity contribution in [3.8, 4) is 11.5 Å². The molecule has 1 aromatic heterocycles. The van der Waals surface area contributed by atoms with E-state index in [-0.39, 0.29) is 11.9 Å². The van der Waals surface area contributed by atoms with E-state index in [1.54, 1.807) is 18.4 Å². The monoisotopic (exact) mass is 377 g/mol. The van der Waals surface area contributed by atoms with Crippen LogP contribution in [0, 0.1) is 0 Å². The van der Waals surface area contributed by atoms with Crippen LogP contribution in [0.2, 0.25) is 0 Å². The van der Waals surface area contributed by atoms with Crippen LogP contribution < -0.4 is 15.0 Å². The summed E-state index contributed by atoms with van der Waals surface area (Å²) in [6, 6.07) is 20.9. The predicted octanol–water partition coefficient (Wildman–Crippen LogP) is 3.22. The molecule has 1 atom stereocenters. The van der Waals surface area contributed by atoms with Gasteiger partial charge in [0.2, 0.25) is 0 Å². The molecule has 0 radical (unpaired) electrons. The number of nitrogens with one attached hydrogen (secondary N) is 2. The average molecular weight is 377 g/mol. The maximum atomic E-state index is 12.7. The summed E-state index contributed by atoms with van der Waals surface area (Å²) in [6.45, 7) is 2.77. The molecule has 2 N–H and O–H groups in total. The molecular weight excluding hydrogens is 352 g/mol. The molecule has 5 nitrogen and oxygen atoms in total. The van der Waals surface area contributed by atoms with Crippen LogP contribution in [0.25, 0.3) is 0 Å². The number of hydrogen-bond donors (Lipinski definition) is 2. The Hall–Kier alpha value is -3.05. The quantitative estimate of drug-likeness (QED) is 0.665. The second-order valence-electron chi connectivity index (χ2n) is 7.09. The smallest absolute Gasteiger partial charge is 0.251 e. The molecule has 1 amide bonds. The summed E-state index contributed by atoms with van der Waals surface area (Å²) in [7, 11) is 0. The fraction of sp³-hybridized carbons (Fsp3) is 0.261. The first kappa shape index (κ1) is 18.3. The molecule has 0 spiro atoms. The van der Waals surface area contributed by atoms with Gasteiger partial charge in [-0.1, -0.05) is 24.3 Å². The lowest BCUT2D eigenvalue weighted by atomic mass is 10.1. The Bertz CT molecular complexity index is 887. The van der Waals surface area contributed by atoms with Gasteiger partial charge >= 0.3 is 0 Å². The lowest BCUT2D eigenvalue weighted by Crippen LogP contribution is -3.11. The van der Waals surface area contributed by atoms with E-state index in [1.807, 2.05) is 54.6 Å². The lowest BCUT2D eigenvalue weighted by Gasteiger charge is -2.23. The first-order valence-corrected chi connectivity index (χ1v) is 9.79. The fourth-order valence-electron chi connectivity index (χ4n) is 3.74. The van der Waals surface area contributed by atoms with Crippen molar-refractivity contribution >= 4 is 5.91 Å². The van der Waals surface area contributed by atoms with Gasteiger partial charge < -0.3 is 19.4 Å². The first-order valence-electron chi connectivity index (χ1n) is 9.79. The first-order chi connectivity index (χ1) is 13.8. The minimum atomic E-state index is -0.103. The van der Waals surface area contributed by atoms with Crippen LogP contribution in [-0.2, 0) is 0 Å². The second kappa shape index (κ2) is 8.76. The molecule has 1 aliphatic rings. The maximum Gasteiger partial charge on any atom is 0.251 e. The number of amides is 1. The summed E-state index contributed by atoms with van der Waals surface area (Å²) >= 11 is 0. The van der Waals surface area contributed by atoms with E-state index >= 15 is 0 Å². The maximum absolute atomic E-state index is 12.7. The SMILES string of the molecule is O=C(NC[C@@H](c1ccco1)[NH+]1CCCC1)c1cccc(Oc2ccccc2)c1. The van der Waals surface area contributed by atoms with Crippen LogP contribution >= 0.6 is 0 Å². The summed E-state index contributed by atoms with van der Waals surface area (Å²) in [5.74, 6) is 2.22. The number of quaternary nitrogens is 1. The zero-order valence-corrected chi connectivity index (χ0v) is 15.8. The molecule has 3 aromatic rings. The van der Waals surface area contributed by atoms with Crippen molar-refractivity contribution in [2.24, 2.45) is 0 Å². The molecule has 5 heteroatoms. The number of rotatable bonds is 7. The van der Waals surface area contributed by atoms with Gasteiger partial charge in [-0.3, -0.25) is 4.79 Å². The van der Waals surface area contributed by atoms with Crippen LogP contribution in [0.3, 0.4) is 0 Å². The largest absolute Gasteiger partial charge is 0.463 e. The van der Waals surface area contributed by atoms with E-state index in [0.717, 1.165) is 24.6 Å². The number of benzene rings is 2. The molecule has 144 valence electrons. The average Bonchev–Trinajstić information content (AvgIpc) is 3.44. The summed E-state index contributed by atoms with van der Waals surface area (Å²) < 4.78 is 11.5. The van der Waals surface area contributed by atoms with Gasteiger partial charge in [0.1, 0.15) is 11.5 Å². The van der Waals surface area contributed by atoms with Gasteiger partial charge in [-0.2, -0.15) is 0 Å². The molecule has 0 unspecified atom stereocenters. The van der Waals surface area contributed by atoms with Crippen molar-refractivity contribution in [1.29, 1.82) is 0 Å². The zero-order valence-electron chi connectivity index (χ0n) is 15.8. The third kappa shape index (κ3) is 4.43. The summed E-state index contributed by atoms with van der Waals surface area (Å²) in [4.78, 5) is 14.2. The highest BCUT2D eigenvalue weighted by Gasteiger charge is 2.29. The Morgan fingerprint density at radius 3 is 2.54 bits per heavy atom. The highest BCUT2D eigenvalue weighted by Crippen LogP contribution is 2.22. The molecule has 1 saturated heterocycles. The van der Waals surface area contributed by atoms with Crippen molar-refractivity contribution in [1.82, 2.24) is 5.32 Å². The summed E-state index contributed by atoms with van der Waals surface area (Å²) in [5.41, 5.74) is 0.586. The Balaban J connectivity index is 1.42. The Morgan fingerprint density at radius 2 is 1.79 bits per heavy atom. The van der Waals surface area contributed by atoms with Crippen LogP contribution in [0.5, 0.6) is 11.5 Å². The molecule has 1 aliphatic heterocycles. The Kier molecular flexibility index (Phi) is 5.73. The number of likely N-dealkylation sites (tertiary alicyclic amines) is 1. The highest BCUT2D eigenvalue weighted by atomic mass is 16.5. The van der Waals surface area contributed by atoms with Gasteiger partial charge in [-0.25, -0.2) is 0 Å². The molecule has 0 saturated carbocycles. The number of hydrogen-bond acceptors (Lipinski definition) is 3. The standard InChI is InChI=1S/C23H24N2O3/c26-23(18-8-6-11-20(16-18)28-19-9-2-1-3-10-19)24-17-21(22-12-7-15-27-22)25-13-4-5-14-25/h1-3,6-12,15-16,21H,4-5,13-14,17H2,(H,24,26)/p+1/t21-/m0/s1. The predicted molar refractivity (Wildman–Crippen MR) is 107 cm³/mol. The van der Waals surface area contributed by atoms with Crippen molar-refractivity contribution < 1.29 is 18.8 Å². The summed E-state index contributed by atoms with van der Waals surface area (Å²) in [6.07, 6.45) is 4.14. The minimum Gasteiger partial charge on any atom is -0.463 e. The van der Waals surface area contributed by atoms with Crippen molar-refractivity contribution in [2.45, 2.75) is 18.9 Å². The topological polar surface area (TPSA) is 55.9 Å². The fourth-order valence-corrected chi connectivity index (χ4v) is 3.74. The Morgan fingerprint density at radius 1 is 1.00 bits per heavy atom. The van der Waals surface area contributed by atoms with Crippen LogP contribution in [0.15, 0.2) is 77.4 Å². The van der Waals surface area contributed by atoms with E-state index in [9.17, 15) is 4.79 Å². The second-order valence-corrected chi connectivity index (χ2v) is 7.09. The van der Waals surface area contributed by atoms with Crippen molar-refractivity contribution in [2.75, 3.05) is 19.6 Å². The number of carbonyl (C=O) groups excluding carboxylic acids is 1. The lowest BCUT2D eigenvalue weighted by molar-refractivity contribution is -0.919. The van der Waals surface area contributed by atoms with Crippen LogP contribution in [-0.4, -0.2) is 25.5 Å². The van der Waals surface area contributed by atoms with Crippen molar-refractivity contribution in [3.63, 3.8) is 0 Å². The van der Waals surface area contributed by atoms with Gasteiger partial charge in [0.25, 0.3) is 5.91 Å². The molecule has 1 fully saturated rings. The van der Waals surface area contributed by atoms with E-state index in [0.29, 0.717) is 17.9 Å². The molecule has 4 rings (SSSR count). The van der Waals surface area contributed by atoms with Crippen molar-refractivity contribution in [3.05, 3.63) is 84.3 Å². The van der Waals surface area contributed by atoms with Gasteiger partial charge in [0.15, 0.2) is 11.8 Å². The number of furan rings is 1. The number of carbonyl (C=O) groups is 1. The van der Waals surface area contributed by atoms with Gasteiger partial charge in [-0.15, -0.1) is 0 Å². The number of ether oxygens (including phenoxy) is 1. The van der Waals surface area contributed by atoms with Gasteiger partial charge in [0.05, 0.1) is 25.9 Å². The van der Waals surface area contributed by atoms with Crippen LogP contribution in [0.1, 0.15) is 35.0 Å². The van der Waals surface area contributed by atoms with Gasteiger partial charge in [0, 0.05) is 18.4 Å². The molecule has 0 bridgehead atoms. The molecule has 2 heterocycles. The van der Waals surface area contributed by atoms with E-state index in [1.165, 1.54) is 17.7 Å². The minimum absolute atomic E-state index is 0.103. The van der Waals surface area contributed by atoms with Gasteiger partial charge in [-0.05, 0) is 42.5 Å². The highest BCUT2D eigenvalue weighted by molar-refractivity contribution is 5.94. The molecule has 0 aliphatic carbocycles. The van der Waals surface area contributed by atoms with Crippen LogP contribution in [0.4, 0.5) is 0 Å². The van der Waals surface area contributed by atoms with E-state index in [2.05, 4.69) is 5.32 Å². The van der Waals surface area contributed by atoms with E-state index in [4.69, 9.17) is 9.15 Å². The normalized spacial score (nSPS) is 15.3. The number of para-hydroxylation sites is 1. The Labute approximate surface area is 164 Å². The third-order valence-corrected chi connectivity index (χ3v) is 5.17. The zero-order chi connectivity index (χ0) is 19.2. The third-order valence-electron chi connectivity index (χ3n) is 5.17. The molecule has 28 heavy (non-hydrogen) atoms. The van der Waals surface area contributed by atoms with E-state index < -0.39 is 0 Å². The summed E-state index contributed by atoms with van der Waals surface area (Å²) in [5, 5.41) is 3.08.